The number of rotatable bonds is 1. The van der Waals surface area contributed by atoms with E-state index in [1.807, 2.05) is 0 Å². The maximum atomic E-state index is 12.8. The number of carbonyl (C=O) groups excluding carboxylic acids is 1. The van der Waals surface area contributed by atoms with Crippen LogP contribution in [0.2, 0.25) is 0 Å². The zero-order chi connectivity index (χ0) is 18.1. The monoisotopic (exact) mass is 372 g/mol. The Balaban J connectivity index is 1.73. The van der Waals surface area contributed by atoms with Crippen LogP contribution < -0.4 is 10.2 Å². The van der Waals surface area contributed by atoms with Gasteiger partial charge in [0, 0.05) is 32.0 Å². The first-order chi connectivity index (χ1) is 12.5. The number of nitrogens with zero attached hydrogens (tertiary/aromatic N) is 1. The van der Waals surface area contributed by atoms with Crippen LogP contribution in [-0.2, 0) is 11.2 Å². The van der Waals surface area contributed by atoms with Crippen molar-refractivity contribution >= 4 is 22.1 Å². The largest absolute Gasteiger partial charge is 0.378 e. The standard InChI is InChI=1S/C21H28N2O2S/c1-21(2)12-17-16(6-5-15-4-3-7-22-14-15)20(23-8-10-25-11-9-23)26-19(17)18(24)13-21/h15,22H,3-4,7-14H2,1-2H3. The molecule has 4 nitrogen and oxygen atoms in total. The quantitative estimate of drug-likeness (QED) is 0.769. The van der Waals surface area contributed by atoms with Crippen molar-refractivity contribution in [2.45, 2.75) is 39.5 Å². The Morgan fingerprint density at radius 2 is 2.08 bits per heavy atom. The number of thiophene rings is 1. The number of fused-ring (bicyclic) bond motifs is 1. The Kier molecular flexibility index (Phi) is 5.09. The average molecular weight is 373 g/mol. The average Bonchev–Trinajstić information content (AvgIpc) is 2.99. The summed E-state index contributed by atoms with van der Waals surface area (Å²) in [6.45, 7) is 9.75. The van der Waals surface area contributed by atoms with Gasteiger partial charge in [0.1, 0.15) is 5.00 Å². The predicted molar refractivity (Wildman–Crippen MR) is 106 cm³/mol. The van der Waals surface area contributed by atoms with Gasteiger partial charge in [0.15, 0.2) is 5.78 Å². The van der Waals surface area contributed by atoms with Crippen LogP contribution in [0.3, 0.4) is 0 Å². The maximum Gasteiger partial charge on any atom is 0.173 e. The van der Waals surface area contributed by atoms with Crippen LogP contribution in [0.4, 0.5) is 5.00 Å². The first-order valence-electron chi connectivity index (χ1n) is 9.77. The molecule has 0 amide bonds. The molecule has 5 heteroatoms. The third-order valence-corrected chi connectivity index (χ3v) is 6.87. The van der Waals surface area contributed by atoms with Crippen molar-refractivity contribution in [1.82, 2.24) is 5.32 Å². The molecular formula is C21H28N2O2S. The van der Waals surface area contributed by atoms with Crippen LogP contribution in [0.15, 0.2) is 0 Å². The van der Waals surface area contributed by atoms with Crippen molar-refractivity contribution in [1.29, 1.82) is 0 Å². The fourth-order valence-electron chi connectivity index (χ4n) is 4.17. The van der Waals surface area contributed by atoms with Gasteiger partial charge in [-0.3, -0.25) is 4.79 Å². The summed E-state index contributed by atoms with van der Waals surface area (Å²) in [5.41, 5.74) is 2.35. The Hall–Kier alpha value is -1.35. The molecule has 3 aliphatic rings. The summed E-state index contributed by atoms with van der Waals surface area (Å²) in [4.78, 5) is 16.1. The van der Waals surface area contributed by atoms with Crippen LogP contribution in [0.5, 0.6) is 0 Å². The number of Topliss-reactive ketones (excluding diaryl/α,β-unsaturated/α-hetero) is 1. The Bertz CT molecular complexity index is 744. The molecule has 3 heterocycles. The number of ether oxygens (including phenoxy) is 1. The van der Waals surface area contributed by atoms with E-state index in [2.05, 4.69) is 35.9 Å². The van der Waals surface area contributed by atoms with Crippen LogP contribution in [0.1, 0.15) is 53.9 Å². The Morgan fingerprint density at radius 3 is 2.81 bits per heavy atom. The van der Waals surface area contributed by atoms with E-state index in [0.29, 0.717) is 18.1 Å². The third kappa shape index (κ3) is 3.69. The molecule has 1 aromatic rings. The highest BCUT2D eigenvalue weighted by Crippen LogP contribution is 2.44. The van der Waals surface area contributed by atoms with Crippen LogP contribution >= 0.6 is 11.3 Å². The molecule has 0 bridgehead atoms. The SMILES string of the molecule is CC1(C)CC(=O)c2sc(N3CCOCC3)c(C#CC3CCCNC3)c2C1. The highest BCUT2D eigenvalue weighted by atomic mass is 32.1. The third-order valence-electron chi connectivity index (χ3n) is 5.53. The molecule has 0 aromatic carbocycles. The van der Waals surface area contributed by atoms with E-state index in [1.165, 1.54) is 23.4 Å². The zero-order valence-electron chi connectivity index (χ0n) is 15.8. The predicted octanol–water partition coefficient (Wildman–Crippen LogP) is 3.09. The van der Waals surface area contributed by atoms with Gasteiger partial charge < -0.3 is 15.0 Å². The molecule has 4 rings (SSSR count). The second-order valence-electron chi connectivity index (χ2n) is 8.44. The summed E-state index contributed by atoms with van der Waals surface area (Å²) in [5, 5.41) is 4.64. The molecular weight excluding hydrogens is 344 g/mol. The van der Waals surface area contributed by atoms with Gasteiger partial charge in [-0.2, -0.15) is 0 Å². The van der Waals surface area contributed by atoms with Gasteiger partial charge in [0.05, 0.1) is 23.7 Å². The molecule has 1 N–H and O–H groups in total. The summed E-state index contributed by atoms with van der Waals surface area (Å²) in [6.07, 6.45) is 3.96. The van der Waals surface area contributed by atoms with Gasteiger partial charge in [0.2, 0.25) is 0 Å². The number of morpholine rings is 1. The molecule has 2 fully saturated rings. The van der Waals surface area contributed by atoms with E-state index in [-0.39, 0.29) is 5.41 Å². The van der Waals surface area contributed by atoms with E-state index in [4.69, 9.17) is 4.74 Å². The van der Waals surface area contributed by atoms with Gasteiger partial charge in [-0.25, -0.2) is 0 Å². The lowest BCUT2D eigenvalue weighted by Gasteiger charge is -2.29. The first kappa shape index (κ1) is 18.0. The van der Waals surface area contributed by atoms with Gasteiger partial charge in [-0.05, 0) is 36.8 Å². The van der Waals surface area contributed by atoms with Crippen molar-refractivity contribution < 1.29 is 9.53 Å². The second kappa shape index (κ2) is 7.34. The lowest BCUT2D eigenvalue weighted by Crippen LogP contribution is -2.36. The van der Waals surface area contributed by atoms with E-state index in [9.17, 15) is 4.79 Å². The topological polar surface area (TPSA) is 41.6 Å². The molecule has 2 aliphatic heterocycles. The first-order valence-corrected chi connectivity index (χ1v) is 10.6. The fourth-order valence-corrected chi connectivity index (χ4v) is 5.43. The number of carbonyl (C=O) groups is 1. The van der Waals surface area contributed by atoms with Crippen LogP contribution in [0, 0.1) is 23.2 Å². The van der Waals surface area contributed by atoms with Crippen molar-refractivity contribution in [2.75, 3.05) is 44.3 Å². The maximum absolute atomic E-state index is 12.8. The molecule has 0 spiro atoms. The number of hydrogen-bond acceptors (Lipinski definition) is 5. The summed E-state index contributed by atoms with van der Waals surface area (Å²) in [6, 6.07) is 0. The van der Waals surface area contributed by atoms with Gasteiger partial charge in [-0.15, -0.1) is 11.3 Å². The number of ketones is 1. The zero-order valence-corrected chi connectivity index (χ0v) is 16.6. The molecule has 2 saturated heterocycles. The molecule has 0 saturated carbocycles. The molecule has 26 heavy (non-hydrogen) atoms. The minimum atomic E-state index is 0.0241. The Morgan fingerprint density at radius 1 is 1.27 bits per heavy atom. The van der Waals surface area contributed by atoms with Crippen molar-refractivity contribution in [3.8, 4) is 11.8 Å². The highest BCUT2D eigenvalue weighted by molar-refractivity contribution is 7.18. The van der Waals surface area contributed by atoms with Crippen molar-refractivity contribution in [2.24, 2.45) is 11.3 Å². The number of nitrogens with one attached hydrogen (secondary N) is 1. The molecule has 140 valence electrons. The molecule has 1 atom stereocenters. The van der Waals surface area contributed by atoms with Crippen molar-refractivity contribution in [3.05, 3.63) is 16.0 Å². The minimum Gasteiger partial charge on any atom is -0.378 e. The van der Waals surface area contributed by atoms with Gasteiger partial charge >= 0.3 is 0 Å². The molecule has 1 aliphatic carbocycles. The smallest absolute Gasteiger partial charge is 0.173 e. The lowest BCUT2D eigenvalue weighted by molar-refractivity contribution is 0.0917. The van der Waals surface area contributed by atoms with Gasteiger partial charge in [-0.1, -0.05) is 25.7 Å². The summed E-state index contributed by atoms with van der Waals surface area (Å²) < 4.78 is 5.52. The van der Waals surface area contributed by atoms with Gasteiger partial charge in [0.25, 0.3) is 0 Å². The highest BCUT2D eigenvalue weighted by Gasteiger charge is 2.36. The summed E-state index contributed by atoms with van der Waals surface area (Å²) >= 11 is 1.67. The van der Waals surface area contributed by atoms with E-state index >= 15 is 0 Å². The van der Waals surface area contributed by atoms with E-state index in [0.717, 1.165) is 56.3 Å². The molecule has 1 unspecified atom stereocenters. The van der Waals surface area contributed by atoms with Crippen molar-refractivity contribution in [3.63, 3.8) is 0 Å². The number of hydrogen-bond donors (Lipinski definition) is 1. The van der Waals surface area contributed by atoms with E-state index < -0.39 is 0 Å². The van der Waals surface area contributed by atoms with Crippen LogP contribution in [-0.4, -0.2) is 45.2 Å². The fraction of sp³-hybridized carbons (Fsp3) is 0.667. The number of piperidine rings is 1. The minimum absolute atomic E-state index is 0.0241. The summed E-state index contributed by atoms with van der Waals surface area (Å²) in [5.74, 6) is 7.77. The van der Waals surface area contributed by atoms with Crippen LogP contribution in [0.25, 0.3) is 0 Å². The molecule has 1 aromatic heterocycles. The van der Waals surface area contributed by atoms with E-state index in [1.54, 1.807) is 11.3 Å². The molecule has 0 radical (unpaired) electrons. The lowest BCUT2D eigenvalue weighted by atomic mass is 9.75. The normalized spacial score (nSPS) is 25.4. The Labute approximate surface area is 160 Å². The second-order valence-corrected chi connectivity index (χ2v) is 9.44. The number of anilines is 1. The summed E-state index contributed by atoms with van der Waals surface area (Å²) in [7, 11) is 0.